The van der Waals surface area contributed by atoms with E-state index in [0.29, 0.717) is 33.8 Å². The number of halogens is 2. The van der Waals surface area contributed by atoms with Crippen molar-refractivity contribution in [1.82, 2.24) is 4.90 Å². The number of methoxy groups -OCH3 is 2. The minimum atomic E-state index is -0.297. The fourth-order valence-electron chi connectivity index (χ4n) is 2.11. The standard InChI is InChI=1S/C17H18Cl2N2O3/c1-21(10-11-5-4-6-13(18)16(11)19)17(22)20-14-8-7-12(23-2)9-15(14)24-3/h4-9H,10H2,1-3H3,(H,20,22). The molecule has 0 aliphatic heterocycles. The molecule has 0 aliphatic carbocycles. The Morgan fingerprint density at radius 1 is 1.17 bits per heavy atom. The highest BCUT2D eigenvalue weighted by Crippen LogP contribution is 2.30. The van der Waals surface area contributed by atoms with E-state index in [1.807, 2.05) is 6.07 Å². The molecule has 24 heavy (non-hydrogen) atoms. The van der Waals surface area contributed by atoms with Crippen LogP contribution in [0.5, 0.6) is 11.5 Å². The van der Waals surface area contributed by atoms with E-state index in [9.17, 15) is 4.79 Å². The van der Waals surface area contributed by atoms with Crippen LogP contribution in [0.2, 0.25) is 10.0 Å². The molecule has 2 amide bonds. The highest BCUT2D eigenvalue weighted by atomic mass is 35.5. The molecule has 0 saturated carbocycles. The van der Waals surface area contributed by atoms with Crippen molar-refractivity contribution < 1.29 is 14.3 Å². The fourth-order valence-corrected chi connectivity index (χ4v) is 2.49. The number of carbonyl (C=O) groups is 1. The second-order valence-electron chi connectivity index (χ2n) is 5.07. The lowest BCUT2D eigenvalue weighted by Gasteiger charge is -2.20. The normalized spacial score (nSPS) is 10.2. The Morgan fingerprint density at radius 2 is 1.92 bits per heavy atom. The summed E-state index contributed by atoms with van der Waals surface area (Å²) in [6, 6.07) is 10.2. The Bertz CT molecular complexity index is 738. The second-order valence-corrected chi connectivity index (χ2v) is 5.85. The third kappa shape index (κ3) is 4.24. The summed E-state index contributed by atoms with van der Waals surface area (Å²) in [4.78, 5) is 13.9. The van der Waals surface area contributed by atoms with Crippen LogP contribution < -0.4 is 14.8 Å². The molecule has 5 nitrogen and oxygen atoms in total. The second kappa shape index (κ2) is 8.13. The molecule has 0 bridgehead atoms. The number of anilines is 1. The summed E-state index contributed by atoms with van der Waals surface area (Å²) in [6.07, 6.45) is 0. The van der Waals surface area contributed by atoms with E-state index in [4.69, 9.17) is 32.7 Å². The van der Waals surface area contributed by atoms with E-state index in [-0.39, 0.29) is 6.03 Å². The quantitative estimate of drug-likeness (QED) is 0.833. The summed E-state index contributed by atoms with van der Waals surface area (Å²) in [6.45, 7) is 0.323. The molecule has 2 aromatic carbocycles. The van der Waals surface area contributed by atoms with Crippen molar-refractivity contribution in [3.05, 3.63) is 52.0 Å². The fraction of sp³-hybridized carbons (Fsp3) is 0.235. The first kappa shape index (κ1) is 18.2. The highest BCUT2D eigenvalue weighted by molar-refractivity contribution is 6.42. The average molecular weight is 369 g/mol. The number of hydrogen-bond donors (Lipinski definition) is 1. The molecule has 0 aliphatic rings. The largest absolute Gasteiger partial charge is 0.497 e. The molecule has 0 saturated heterocycles. The number of nitrogens with one attached hydrogen (secondary N) is 1. The summed E-state index contributed by atoms with van der Waals surface area (Å²) in [5.41, 5.74) is 1.32. The average Bonchev–Trinajstić information content (AvgIpc) is 2.59. The Kier molecular flexibility index (Phi) is 6.17. The van der Waals surface area contributed by atoms with Crippen LogP contribution in [0.25, 0.3) is 0 Å². The zero-order valence-corrected chi connectivity index (χ0v) is 15.1. The maximum absolute atomic E-state index is 12.4. The lowest BCUT2D eigenvalue weighted by Crippen LogP contribution is -2.31. The van der Waals surface area contributed by atoms with Crippen LogP contribution in [-0.2, 0) is 6.54 Å². The van der Waals surface area contributed by atoms with Crippen LogP contribution in [0.4, 0.5) is 10.5 Å². The van der Waals surface area contributed by atoms with Crippen molar-refractivity contribution in [2.45, 2.75) is 6.54 Å². The van der Waals surface area contributed by atoms with Crippen molar-refractivity contribution in [3.8, 4) is 11.5 Å². The molecule has 0 heterocycles. The van der Waals surface area contributed by atoms with Gasteiger partial charge >= 0.3 is 6.03 Å². The molecule has 128 valence electrons. The van der Waals surface area contributed by atoms with Crippen LogP contribution in [0.15, 0.2) is 36.4 Å². The number of ether oxygens (including phenoxy) is 2. The van der Waals surface area contributed by atoms with Crippen molar-refractivity contribution in [1.29, 1.82) is 0 Å². The molecule has 0 radical (unpaired) electrons. The SMILES string of the molecule is COc1ccc(NC(=O)N(C)Cc2cccc(Cl)c2Cl)c(OC)c1. The first-order valence-corrected chi connectivity index (χ1v) is 7.89. The summed E-state index contributed by atoms with van der Waals surface area (Å²) in [5, 5.41) is 3.70. The van der Waals surface area contributed by atoms with Crippen LogP contribution in [-0.4, -0.2) is 32.2 Å². The minimum Gasteiger partial charge on any atom is -0.497 e. The Hall–Kier alpha value is -2.11. The number of hydrogen-bond acceptors (Lipinski definition) is 3. The smallest absolute Gasteiger partial charge is 0.321 e. The topological polar surface area (TPSA) is 50.8 Å². The summed E-state index contributed by atoms with van der Waals surface area (Å²) in [7, 11) is 4.76. The number of rotatable bonds is 5. The van der Waals surface area contributed by atoms with Gasteiger partial charge in [0.05, 0.1) is 30.0 Å². The zero-order chi connectivity index (χ0) is 17.7. The van der Waals surface area contributed by atoms with Crippen LogP contribution in [0, 0.1) is 0 Å². The van der Waals surface area contributed by atoms with Gasteiger partial charge in [0, 0.05) is 19.7 Å². The van der Waals surface area contributed by atoms with Crippen LogP contribution >= 0.6 is 23.2 Å². The van der Waals surface area contributed by atoms with Crippen molar-refractivity contribution in [2.75, 3.05) is 26.6 Å². The summed E-state index contributed by atoms with van der Waals surface area (Å²) >= 11 is 12.2. The van der Waals surface area contributed by atoms with Gasteiger partial charge in [0.25, 0.3) is 0 Å². The van der Waals surface area contributed by atoms with Gasteiger partial charge in [0.15, 0.2) is 0 Å². The summed E-state index contributed by atoms with van der Waals surface area (Å²) < 4.78 is 10.4. The van der Waals surface area contributed by atoms with E-state index in [1.54, 1.807) is 44.5 Å². The van der Waals surface area contributed by atoms with Crippen molar-refractivity contribution >= 4 is 34.9 Å². The molecular formula is C17H18Cl2N2O3. The van der Waals surface area contributed by atoms with Gasteiger partial charge in [-0.25, -0.2) is 4.79 Å². The van der Waals surface area contributed by atoms with Gasteiger partial charge in [-0.3, -0.25) is 0 Å². The lowest BCUT2D eigenvalue weighted by atomic mass is 10.2. The van der Waals surface area contributed by atoms with Crippen molar-refractivity contribution in [3.63, 3.8) is 0 Å². The Balaban J connectivity index is 2.10. The van der Waals surface area contributed by atoms with Gasteiger partial charge in [0.2, 0.25) is 0 Å². The molecular weight excluding hydrogens is 351 g/mol. The van der Waals surface area contributed by atoms with Gasteiger partial charge in [-0.15, -0.1) is 0 Å². The lowest BCUT2D eigenvalue weighted by molar-refractivity contribution is 0.220. The van der Waals surface area contributed by atoms with Crippen LogP contribution in [0.1, 0.15) is 5.56 Å². The molecule has 0 unspecified atom stereocenters. The number of benzene rings is 2. The Morgan fingerprint density at radius 3 is 2.58 bits per heavy atom. The van der Waals surface area contributed by atoms with Gasteiger partial charge in [-0.05, 0) is 23.8 Å². The van der Waals surface area contributed by atoms with E-state index in [2.05, 4.69) is 5.32 Å². The molecule has 2 rings (SSSR count). The Labute approximate surface area is 151 Å². The number of nitrogens with zero attached hydrogens (tertiary/aromatic N) is 1. The molecule has 1 N–H and O–H groups in total. The first-order chi connectivity index (χ1) is 11.5. The highest BCUT2D eigenvalue weighted by Gasteiger charge is 2.15. The van der Waals surface area contributed by atoms with Crippen molar-refractivity contribution in [2.24, 2.45) is 0 Å². The van der Waals surface area contributed by atoms with E-state index in [1.165, 1.54) is 12.0 Å². The predicted octanol–water partition coefficient (Wildman–Crippen LogP) is 4.67. The third-order valence-corrected chi connectivity index (χ3v) is 4.29. The number of carbonyl (C=O) groups excluding carboxylic acids is 1. The zero-order valence-electron chi connectivity index (χ0n) is 13.6. The van der Waals surface area contributed by atoms with E-state index < -0.39 is 0 Å². The number of urea groups is 1. The molecule has 0 aromatic heterocycles. The van der Waals surface area contributed by atoms with E-state index >= 15 is 0 Å². The first-order valence-electron chi connectivity index (χ1n) is 7.13. The third-order valence-electron chi connectivity index (χ3n) is 3.44. The minimum absolute atomic E-state index is 0.297. The van der Waals surface area contributed by atoms with E-state index in [0.717, 1.165) is 5.56 Å². The van der Waals surface area contributed by atoms with Gasteiger partial charge in [-0.2, -0.15) is 0 Å². The van der Waals surface area contributed by atoms with Gasteiger partial charge in [0.1, 0.15) is 11.5 Å². The van der Waals surface area contributed by atoms with Crippen LogP contribution in [0.3, 0.4) is 0 Å². The molecule has 0 fully saturated rings. The summed E-state index contributed by atoms with van der Waals surface area (Å²) in [5.74, 6) is 1.15. The molecule has 2 aromatic rings. The van der Waals surface area contributed by atoms with Gasteiger partial charge in [-0.1, -0.05) is 35.3 Å². The maximum atomic E-state index is 12.4. The predicted molar refractivity (Wildman–Crippen MR) is 96.5 cm³/mol. The monoisotopic (exact) mass is 368 g/mol. The molecule has 0 atom stereocenters. The molecule has 0 spiro atoms. The molecule has 7 heteroatoms. The maximum Gasteiger partial charge on any atom is 0.321 e. The number of amides is 2. The van der Waals surface area contributed by atoms with Gasteiger partial charge < -0.3 is 19.7 Å².